The molecule has 144 valence electrons. The fourth-order valence-corrected chi connectivity index (χ4v) is 2.83. The Morgan fingerprint density at radius 3 is 2.74 bits per heavy atom. The molecule has 1 aromatic carbocycles. The standard InChI is InChI=1S/C19H25N5O3/c1-26-17-5-3-2-4-15(17)14-21-19(25)16-6-7-18(23-22-16)20-8-9-24-10-12-27-13-11-24/h2-7H,8-14H2,1H3,(H,20,23)(H,21,25). The van der Waals surface area contributed by atoms with Gasteiger partial charge in [-0.1, -0.05) is 18.2 Å². The van der Waals surface area contributed by atoms with Gasteiger partial charge in [0.15, 0.2) is 5.69 Å². The SMILES string of the molecule is COc1ccccc1CNC(=O)c1ccc(NCCN2CCOCC2)nn1. The van der Waals surface area contributed by atoms with Crippen LogP contribution < -0.4 is 15.4 Å². The van der Waals surface area contributed by atoms with E-state index in [2.05, 4.69) is 25.7 Å². The van der Waals surface area contributed by atoms with Gasteiger partial charge >= 0.3 is 0 Å². The highest BCUT2D eigenvalue weighted by molar-refractivity contribution is 5.92. The third-order valence-corrected chi connectivity index (χ3v) is 4.37. The Balaban J connectivity index is 1.45. The molecule has 0 radical (unpaired) electrons. The first-order chi connectivity index (χ1) is 13.3. The summed E-state index contributed by atoms with van der Waals surface area (Å²) in [6.07, 6.45) is 0. The van der Waals surface area contributed by atoms with Gasteiger partial charge in [0.1, 0.15) is 11.6 Å². The molecule has 1 aliphatic heterocycles. The van der Waals surface area contributed by atoms with E-state index in [4.69, 9.17) is 9.47 Å². The first-order valence-electron chi connectivity index (χ1n) is 9.04. The van der Waals surface area contributed by atoms with Gasteiger partial charge in [-0.15, -0.1) is 10.2 Å². The molecular weight excluding hydrogens is 346 g/mol. The Hall–Kier alpha value is -2.71. The van der Waals surface area contributed by atoms with Gasteiger partial charge in [0.25, 0.3) is 5.91 Å². The van der Waals surface area contributed by atoms with E-state index in [-0.39, 0.29) is 11.6 Å². The van der Waals surface area contributed by atoms with Crippen molar-refractivity contribution in [1.29, 1.82) is 0 Å². The number of benzene rings is 1. The maximum absolute atomic E-state index is 12.3. The quantitative estimate of drug-likeness (QED) is 0.720. The van der Waals surface area contributed by atoms with E-state index in [9.17, 15) is 4.79 Å². The van der Waals surface area contributed by atoms with Gasteiger partial charge in [-0.05, 0) is 18.2 Å². The van der Waals surface area contributed by atoms with Crippen molar-refractivity contribution < 1.29 is 14.3 Å². The Labute approximate surface area is 158 Å². The molecular formula is C19H25N5O3. The number of anilines is 1. The minimum absolute atomic E-state index is 0.270. The van der Waals surface area contributed by atoms with Crippen LogP contribution in [0.25, 0.3) is 0 Å². The number of morpholine rings is 1. The number of carbonyl (C=O) groups is 1. The second kappa shape index (κ2) is 9.84. The molecule has 1 fully saturated rings. The molecule has 0 bridgehead atoms. The van der Waals surface area contributed by atoms with Crippen molar-refractivity contribution in [1.82, 2.24) is 20.4 Å². The normalized spacial score (nSPS) is 14.6. The number of methoxy groups -OCH3 is 1. The number of aromatic nitrogens is 2. The van der Waals surface area contributed by atoms with Crippen LogP contribution in [0.5, 0.6) is 5.75 Å². The number of nitrogens with zero attached hydrogens (tertiary/aromatic N) is 3. The molecule has 1 aromatic heterocycles. The lowest BCUT2D eigenvalue weighted by molar-refractivity contribution is 0.0398. The average molecular weight is 371 g/mol. The van der Waals surface area contributed by atoms with Crippen molar-refractivity contribution in [3.05, 3.63) is 47.7 Å². The van der Waals surface area contributed by atoms with Crippen LogP contribution in [0.3, 0.4) is 0 Å². The van der Waals surface area contributed by atoms with Crippen molar-refractivity contribution in [2.24, 2.45) is 0 Å². The third kappa shape index (κ3) is 5.63. The molecule has 1 saturated heterocycles. The summed E-state index contributed by atoms with van der Waals surface area (Å²) >= 11 is 0. The summed E-state index contributed by atoms with van der Waals surface area (Å²) in [5.74, 6) is 1.13. The van der Waals surface area contributed by atoms with Crippen LogP contribution in [0.4, 0.5) is 5.82 Å². The first kappa shape index (κ1) is 19.1. The average Bonchev–Trinajstić information content (AvgIpc) is 2.73. The molecule has 8 nitrogen and oxygen atoms in total. The van der Waals surface area contributed by atoms with Gasteiger partial charge in [-0.25, -0.2) is 0 Å². The number of hydrogen-bond acceptors (Lipinski definition) is 7. The molecule has 27 heavy (non-hydrogen) atoms. The lowest BCUT2D eigenvalue weighted by Crippen LogP contribution is -2.39. The minimum atomic E-state index is -0.270. The van der Waals surface area contributed by atoms with E-state index in [0.29, 0.717) is 12.4 Å². The summed E-state index contributed by atoms with van der Waals surface area (Å²) in [5, 5.41) is 14.2. The maximum atomic E-state index is 12.3. The summed E-state index contributed by atoms with van der Waals surface area (Å²) in [6.45, 7) is 5.55. The third-order valence-electron chi connectivity index (χ3n) is 4.37. The van der Waals surface area contributed by atoms with Crippen LogP contribution in [-0.2, 0) is 11.3 Å². The monoisotopic (exact) mass is 371 g/mol. The Bertz CT molecular complexity index is 732. The maximum Gasteiger partial charge on any atom is 0.272 e. The van der Waals surface area contributed by atoms with E-state index in [1.807, 2.05) is 24.3 Å². The zero-order chi connectivity index (χ0) is 18.9. The van der Waals surface area contributed by atoms with Crippen molar-refractivity contribution in [2.45, 2.75) is 6.54 Å². The molecule has 2 aromatic rings. The molecule has 0 unspecified atom stereocenters. The highest BCUT2D eigenvalue weighted by atomic mass is 16.5. The molecule has 3 rings (SSSR count). The van der Waals surface area contributed by atoms with E-state index in [0.717, 1.165) is 50.7 Å². The minimum Gasteiger partial charge on any atom is -0.496 e. The molecule has 0 aliphatic carbocycles. The Morgan fingerprint density at radius 1 is 1.19 bits per heavy atom. The van der Waals surface area contributed by atoms with Crippen molar-refractivity contribution in [3.8, 4) is 5.75 Å². The number of amides is 1. The van der Waals surface area contributed by atoms with Gasteiger partial charge in [0, 0.05) is 38.3 Å². The lowest BCUT2D eigenvalue weighted by Gasteiger charge is -2.26. The molecule has 0 spiro atoms. The molecule has 0 saturated carbocycles. The largest absolute Gasteiger partial charge is 0.496 e. The number of rotatable bonds is 8. The second-order valence-electron chi connectivity index (χ2n) is 6.18. The zero-order valence-corrected chi connectivity index (χ0v) is 15.5. The Kier molecular flexibility index (Phi) is 6.95. The van der Waals surface area contributed by atoms with Gasteiger partial charge in [-0.2, -0.15) is 0 Å². The van der Waals surface area contributed by atoms with Gasteiger partial charge in [0.05, 0.1) is 20.3 Å². The summed E-state index contributed by atoms with van der Waals surface area (Å²) in [7, 11) is 1.61. The number of hydrogen-bond donors (Lipinski definition) is 2. The number of para-hydroxylation sites is 1. The molecule has 2 N–H and O–H groups in total. The predicted molar refractivity (Wildman–Crippen MR) is 102 cm³/mol. The Morgan fingerprint density at radius 2 is 2.00 bits per heavy atom. The van der Waals surface area contributed by atoms with Crippen LogP contribution in [0, 0.1) is 0 Å². The van der Waals surface area contributed by atoms with Crippen LogP contribution in [0.15, 0.2) is 36.4 Å². The van der Waals surface area contributed by atoms with Crippen molar-refractivity contribution in [3.63, 3.8) is 0 Å². The topological polar surface area (TPSA) is 88.6 Å². The summed E-state index contributed by atoms with van der Waals surface area (Å²) in [4.78, 5) is 14.6. The molecule has 1 amide bonds. The van der Waals surface area contributed by atoms with Gasteiger partial charge < -0.3 is 20.1 Å². The summed E-state index contributed by atoms with van der Waals surface area (Å²) in [5.41, 5.74) is 1.19. The van der Waals surface area contributed by atoms with Crippen LogP contribution >= 0.6 is 0 Å². The van der Waals surface area contributed by atoms with Crippen molar-refractivity contribution >= 4 is 11.7 Å². The highest BCUT2D eigenvalue weighted by Gasteiger charge is 2.11. The molecule has 8 heteroatoms. The zero-order valence-electron chi connectivity index (χ0n) is 15.5. The van der Waals surface area contributed by atoms with E-state index < -0.39 is 0 Å². The number of carbonyl (C=O) groups excluding carboxylic acids is 1. The first-order valence-corrected chi connectivity index (χ1v) is 9.04. The molecule has 2 heterocycles. The van der Waals surface area contributed by atoms with E-state index in [1.165, 1.54) is 0 Å². The van der Waals surface area contributed by atoms with Gasteiger partial charge in [-0.3, -0.25) is 9.69 Å². The van der Waals surface area contributed by atoms with Crippen LogP contribution in [0.2, 0.25) is 0 Å². The number of nitrogens with one attached hydrogen (secondary N) is 2. The smallest absolute Gasteiger partial charge is 0.272 e. The summed E-state index contributed by atoms with van der Waals surface area (Å²) < 4.78 is 10.6. The van der Waals surface area contributed by atoms with Crippen molar-refractivity contribution in [2.75, 3.05) is 51.8 Å². The lowest BCUT2D eigenvalue weighted by atomic mass is 10.2. The second-order valence-corrected chi connectivity index (χ2v) is 6.18. The van der Waals surface area contributed by atoms with E-state index >= 15 is 0 Å². The van der Waals surface area contributed by atoms with Gasteiger partial charge in [0.2, 0.25) is 0 Å². The van der Waals surface area contributed by atoms with Crippen LogP contribution in [-0.4, -0.2) is 67.5 Å². The molecule has 1 aliphatic rings. The fraction of sp³-hybridized carbons (Fsp3) is 0.421. The van der Waals surface area contributed by atoms with E-state index in [1.54, 1.807) is 19.2 Å². The summed E-state index contributed by atoms with van der Waals surface area (Å²) in [6, 6.07) is 11.0. The fourth-order valence-electron chi connectivity index (χ4n) is 2.83. The van der Waals surface area contributed by atoms with Crippen LogP contribution in [0.1, 0.15) is 16.1 Å². The predicted octanol–water partition coefficient (Wildman–Crippen LogP) is 1.16. The highest BCUT2D eigenvalue weighted by Crippen LogP contribution is 2.16. The molecule has 0 atom stereocenters. The number of ether oxygens (including phenoxy) is 2.